The Bertz CT molecular complexity index is 500. The lowest BCUT2D eigenvalue weighted by Gasteiger charge is -2.37. The highest BCUT2D eigenvalue weighted by molar-refractivity contribution is 5.95. The number of hydrogen-bond acceptors (Lipinski definition) is 5. The Hall–Kier alpha value is -1.63. The fourth-order valence-electron chi connectivity index (χ4n) is 2.80. The summed E-state index contributed by atoms with van der Waals surface area (Å²) in [5, 5.41) is 6.04. The monoisotopic (exact) mass is 321 g/mol. The van der Waals surface area contributed by atoms with E-state index in [1.807, 2.05) is 24.3 Å². The maximum Gasteiger partial charge on any atom is 0.238 e. The molecule has 0 radical (unpaired) electrons. The molecule has 1 aromatic rings. The smallest absolute Gasteiger partial charge is 0.238 e. The lowest BCUT2D eigenvalue weighted by Crippen LogP contribution is -2.45. The van der Waals surface area contributed by atoms with Gasteiger partial charge in [-0.1, -0.05) is 12.1 Å². The number of morpholine rings is 1. The van der Waals surface area contributed by atoms with Crippen LogP contribution in [-0.4, -0.2) is 58.0 Å². The van der Waals surface area contributed by atoms with Crippen LogP contribution in [0.2, 0.25) is 0 Å². The SMILES string of the molecule is COCCNCC(=O)Nc1ccccc1N1CC(C)OC(C)C1. The Labute approximate surface area is 138 Å². The van der Waals surface area contributed by atoms with Crippen LogP contribution in [-0.2, 0) is 14.3 Å². The second-order valence-corrected chi connectivity index (χ2v) is 5.90. The highest BCUT2D eigenvalue weighted by atomic mass is 16.5. The summed E-state index contributed by atoms with van der Waals surface area (Å²) in [5.41, 5.74) is 1.88. The number of carbonyl (C=O) groups is 1. The van der Waals surface area contributed by atoms with Gasteiger partial charge in [0.25, 0.3) is 0 Å². The standard InChI is InChI=1S/C17H27N3O3/c1-13-11-20(12-14(2)23-13)16-7-5-4-6-15(16)19-17(21)10-18-8-9-22-3/h4-7,13-14,18H,8-12H2,1-3H3,(H,19,21). The maximum atomic E-state index is 12.1. The van der Waals surface area contributed by atoms with Crippen molar-refractivity contribution in [1.82, 2.24) is 5.32 Å². The van der Waals surface area contributed by atoms with Crippen molar-refractivity contribution < 1.29 is 14.3 Å². The van der Waals surface area contributed by atoms with Gasteiger partial charge in [-0.15, -0.1) is 0 Å². The largest absolute Gasteiger partial charge is 0.383 e. The van der Waals surface area contributed by atoms with Crippen LogP contribution >= 0.6 is 0 Å². The summed E-state index contributed by atoms with van der Waals surface area (Å²) in [6.07, 6.45) is 0.358. The highest BCUT2D eigenvalue weighted by Gasteiger charge is 2.24. The number of ether oxygens (including phenoxy) is 2. The zero-order valence-corrected chi connectivity index (χ0v) is 14.2. The Morgan fingerprint density at radius 3 is 2.70 bits per heavy atom. The van der Waals surface area contributed by atoms with Gasteiger partial charge in [0.15, 0.2) is 0 Å². The summed E-state index contributed by atoms with van der Waals surface area (Å²) in [5.74, 6) is -0.0529. The van der Waals surface area contributed by atoms with Crippen LogP contribution in [0.25, 0.3) is 0 Å². The number of rotatable bonds is 7. The second kappa shape index (κ2) is 8.86. The third kappa shape index (κ3) is 5.49. The molecule has 2 N–H and O–H groups in total. The van der Waals surface area contributed by atoms with Crippen LogP contribution in [0.3, 0.4) is 0 Å². The van der Waals surface area contributed by atoms with Gasteiger partial charge < -0.3 is 25.0 Å². The molecule has 0 saturated carbocycles. The van der Waals surface area contributed by atoms with Gasteiger partial charge in [0, 0.05) is 26.7 Å². The fraction of sp³-hybridized carbons (Fsp3) is 0.588. The number of nitrogens with zero attached hydrogens (tertiary/aromatic N) is 1. The van der Waals surface area contributed by atoms with E-state index in [4.69, 9.17) is 9.47 Å². The van der Waals surface area contributed by atoms with E-state index in [-0.39, 0.29) is 24.7 Å². The van der Waals surface area contributed by atoms with E-state index in [0.29, 0.717) is 13.2 Å². The molecule has 23 heavy (non-hydrogen) atoms. The van der Waals surface area contributed by atoms with Crippen molar-refractivity contribution in [3.05, 3.63) is 24.3 Å². The zero-order valence-electron chi connectivity index (χ0n) is 14.2. The molecular weight excluding hydrogens is 294 g/mol. The number of amides is 1. The van der Waals surface area contributed by atoms with Gasteiger partial charge in [0.2, 0.25) is 5.91 Å². The summed E-state index contributed by atoms with van der Waals surface area (Å²) < 4.78 is 10.7. The molecule has 0 bridgehead atoms. The van der Waals surface area contributed by atoms with Crippen LogP contribution in [0.5, 0.6) is 0 Å². The molecule has 0 spiro atoms. The number of nitrogens with one attached hydrogen (secondary N) is 2. The van der Waals surface area contributed by atoms with E-state index in [9.17, 15) is 4.79 Å². The minimum Gasteiger partial charge on any atom is -0.383 e. The minimum absolute atomic E-state index is 0.0529. The molecule has 6 nitrogen and oxygen atoms in total. The Kier molecular flexibility index (Phi) is 6.83. The molecule has 1 fully saturated rings. The second-order valence-electron chi connectivity index (χ2n) is 5.90. The number of carbonyl (C=O) groups excluding carboxylic acids is 1. The Balaban J connectivity index is 1.98. The summed E-state index contributed by atoms with van der Waals surface area (Å²) in [6.45, 7) is 7.31. The molecular formula is C17H27N3O3. The molecule has 2 rings (SSSR count). The van der Waals surface area contributed by atoms with Gasteiger partial charge in [-0.2, -0.15) is 0 Å². The van der Waals surface area contributed by atoms with Crippen LogP contribution in [0.4, 0.5) is 11.4 Å². The first kappa shape index (κ1) is 17.7. The van der Waals surface area contributed by atoms with Crippen LogP contribution in [0.15, 0.2) is 24.3 Å². The molecule has 0 aliphatic carbocycles. The van der Waals surface area contributed by atoms with Gasteiger partial charge >= 0.3 is 0 Å². The first-order chi connectivity index (χ1) is 11.1. The lowest BCUT2D eigenvalue weighted by atomic mass is 10.1. The molecule has 128 valence electrons. The van der Waals surface area contributed by atoms with Gasteiger partial charge in [-0.25, -0.2) is 0 Å². The van der Waals surface area contributed by atoms with E-state index < -0.39 is 0 Å². The predicted molar refractivity (Wildman–Crippen MR) is 92.0 cm³/mol. The van der Waals surface area contributed by atoms with Crippen molar-refractivity contribution in [3.8, 4) is 0 Å². The molecule has 1 saturated heterocycles. The predicted octanol–water partition coefficient (Wildman–Crippen LogP) is 1.47. The highest BCUT2D eigenvalue weighted by Crippen LogP contribution is 2.28. The van der Waals surface area contributed by atoms with Gasteiger partial charge in [0.1, 0.15) is 0 Å². The number of anilines is 2. The molecule has 1 aliphatic heterocycles. The number of methoxy groups -OCH3 is 1. The van der Waals surface area contributed by atoms with Crippen LogP contribution in [0, 0.1) is 0 Å². The third-order valence-corrected chi connectivity index (χ3v) is 3.71. The minimum atomic E-state index is -0.0529. The van der Waals surface area contributed by atoms with Gasteiger partial charge in [-0.3, -0.25) is 4.79 Å². The maximum absolute atomic E-state index is 12.1. The average molecular weight is 321 g/mol. The van der Waals surface area contributed by atoms with E-state index in [1.54, 1.807) is 7.11 Å². The van der Waals surface area contributed by atoms with Crippen molar-refractivity contribution in [3.63, 3.8) is 0 Å². The van der Waals surface area contributed by atoms with Crippen molar-refractivity contribution in [2.24, 2.45) is 0 Å². The summed E-state index contributed by atoms with van der Waals surface area (Å²) in [4.78, 5) is 14.4. The van der Waals surface area contributed by atoms with E-state index in [2.05, 4.69) is 29.4 Å². The quantitative estimate of drug-likeness (QED) is 0.745. The van der Waals surface area contributed by atoms with E-state index in [1.165, 1.54) is 0 Å². The summed E-state index contributed by atoms with van der Waals surface area (Å²) in [7, 11) is 1.64. The first-order valence-electron chi connectivity index (χ1n) is 8.09. The first-order valence-corrected chi connectivity index (χ1v) is 8.09. The topological polar surface area (TPSA) is 62.8 Å². The number of benzene rings is 1. The van der Waals surface area contributed by atoms with Gasteiger partial charge in [-0.05, 0) is 26.0 Å². The lowest BCUT2D eigenvalue weighted by molar-refractivity contribution is -0.115. The molecule has 1 aromatic carbocycles. The number of hydrogen-bond donors (Lipinski definition) is 2. The Morgan fingerprint density at radius 2 is 2.00 bits per heavy atom. The molecule has 1 heterocycles. The number of para-hydroxylation sites is 2. The van der Waals surface area contributed by atoms with E-state index >= 15 is 0 Å². The average Bonchev–Trinajstić information content (AvgIpc) is 2.51. The molecule has 1 amide bonds. The summed E-state index contributed by atoms with van der Waals surface area (Å²) >= 11 is 0. The zero-order chi connectivity index (χ0) is 16.7. The van der Waals surface area contributed by atoms with Crippen molar-refractivity contribution in [1.29, 1.82) is 0 Å². The summed E-state index contributed by atoms with van der Waals surface area (Å²) in [6, 6.07) is 7.91. The van der Waals surface area contributed by atoms with Crippen molar-refractivity contribution in [2.45, 2.75) is 26.1 Å². The Morgan fingerprint density at radius 1 is 1.30 bits per heavy atom. The van der Waals surface area contributed by atoms with Crippen molar-refractivity contribution >= 4 is 17.3 Å². The molecule has 0 aromatic heterocycles. The molecule has 2 atom stereocenters. The van der Waals surface area contributed by atoms with E-state index in [0.717, 1.165) is 24.5 Å². The van der Waals surface area contributed by atoms with Gasteiger partial charge in [0.05, 0.1) is 36.7 Å². The molecule has 6 heteroatoms. The van der Waals surface area contributed by atoms with Crippen molar-refractivity contribution in [2.75, 3.05) is 50.1 Å². The van der Waals surface area contributed by atoms with Crippen LogP contribution in [0.1, 0.15) is 13.8 Å². The molecule has 2 unspecified atom stereocenters. The van der Waals surface area contributed by atoms with Crippen LogP contribution < -0.4 is 15.5 Å². The normalized spacial score (nSPS) is 21.3. The fourth-order valence-corrected chi connectivity index (χ4v) is 2.80. The third-order valence-electron chi connectivity index (χ3n) is 3.71. The molecule has 1 aliphatic rings.